The third kappa shape index (κ3) is 3.71. The molecule has 2 amide bonds. The number of benzene rings is 1. The van der Waals surface area contributed by atoms with Gasteiger partial charge < -0.3 is 15.4 Å². The van der Waals surface area contributed by atoms with E-state index in [0.717, 1.165) is 12.0 Å². The monoisotopic (exact) mass is 238 g/mol. The molecule has 0 bridgehead atoms. The smallest absolute Gasteiger partial charge is 0.315 e. The Hall–Kier alpha value is -1.62. The molecule has 5 heteroatoms. The van der Waals surface area contributed by atoms with E-state index in [0.29, 0.717) is 19.8 Å². The van der Waals surface area contributed by atoms with Crippen molar-refractivity contribution in [3.63, 3.8) is 0 Å². The highest BCUT2D eigenvalue weighted by molar-refractivity contribution is 5.74. The van der Waals surface area contributed by atoms with Crippen molar-refractivity contribution in [2.45, 2.75) is 19.0 Å². The zero-order valence-electron chi connectivity index (χ0n) is 9.41. The number of hydrogen-bond donors (Lipinski definition) is 2. The zero-order valence-corrected chi connectivity index (χ0v) is 9.41. The lowest BCUT2D eigenvalue weighted by Gasteiger charge is -2.11. The molecule has 0 radical (unpaired) electrons. The molecule has 17 heavy (non-hydrogen) atoms. The summed E-state index contributed by atoms with van der Waals surface area (Å²) in [5, 5.41) is 5.53. The Bertz CT molecular complexity index is 375. The van der Waals surface area contributed by atoms with Crippen molar-refractivity contribution in [3.05, 3.63) is 35.6 Å². The molecule has 0 aromatic heterocycles. The number of hydrogen-bond acceptors (Lipinski definition) is 2. The predicted molar refractivity (Wildman–Crippen MR) is 61.0 cm³/mol. The lowest BCUT2D eigenvalue weighted by atomic mass is 10.2. The van der Waals surface area contributed by atoms with Gasteiger partial charge in [0.2, 0.25) is 0 Å². The van der Waals surface area contributed by atoms with E-state index in [1.54, 1.807) is 12.1 Å². The Labute approximate surface area is 99.2 Å². The molecular formula is C12H15FN2O2. The third-order valence-electron chi connectivity index (χ3n) is 2.63. The van der Waals surface area contributed by atoms with E-state index in [1.165, 1.54) is 12.1 Å². The van der Waals surface area contributed by atoms with Gasteiger partial charge in [0.15, 0.2) is 0 Å². The lowest BCUT2D eigenvalue weighted by molar-refractivity contribution is 0.188. The molecule has 1 atom stereocenters. The second-order valence-corrected chi connectivity index (χ2v) is 4.01. The van der Waals surface area contributed by atoms with E-state index in [4.69, 9.17) is 4.74 Å². The van der Waals surface area contributed by atoms with Crippen LogP contribution in [0.15, 0.2) is 24.3 Å². The highest BCUT2D eigenvalue weighted by atomic mass is 19.1. The van der Waals surface area contributed by atoms with E-state index in [-0.39, 0.29) is 17.9 Å². The largest absolute Gasteiger partial charge is 0.379 e. The van der Waals surface area contributed by atoms with Gasteiger partial charge in [0.25, 0.3) is 0 Å². The van der Waals surface area contributed by atoms with Crippen molar-refractivity contribution < 1.29 is 13.9 Å². The van der Waals surface area contributed by atoms with Gasteiger partial charge in [0.05, 0.1) is 12.6 Å². The fourth-order valence-corrected chi connectivity index (χ4v) is 1.67. The minimum absolute atomic E-state index is 0.100. The fraction of sp³-hybridized carbons (Fsp3) is 0.417. The van der Waals surface area contributed by atoms with Crippen LogP contribution >= 0.6 is 0 Å². The van der Waals surface area contributed by atoms with Crippen molar-refractivity contribution >= 4 is 6.03 Å². The van der Waals surface area contributed by atoms with E-state index < -0.39 is 0 Å². The van der Waals surface area contributed by atoms with Crippen LogP contribution in [0, 0.1) is 5.82 Å². The molecule has 4 nitrogen and oxygen atoms in total. The maximum atomic E-state index is 12.6. The number of nitrogens with one attached hydrogen (secondary N) is 2. The van der Waals surface area contributed by atoms with Gasteiger partial charge in [0, 0.05) is 13.2 Å². The molecule has 92 valence electrons. The first-order valence-corrected chi connectivity index (χ1v) is 5.60. The van der Waals surface area contributed by atoms with E-state index in [9.17, 15) is 9.18 Å². The SMILES string of the molecule is O=C(NCc1ccc(F)cc1)NC1CCOC1. The van der Waals surface area contributed by atoms with Crippen molar-refractivity contribution in [2.24, 2.45) is 0 Å². The summed E-state index contributed by atoms with van der Waals surface area (Å²) in [6.07, 6.45) is 0.851. The highest BCUT2D eigenvalue weighted by Gasteiger charge is 2.17. The topological polar surface area (TPSA) is 50.4 Å². The molecule has 0 aliphatic carbocycles. The average molecular weight is 238 g/mol. The van der Waals surface area contributed by atoms with Gasteiger partial charge >= 0.3 is 6.03 Å². The minimum atomic E-state index is -0.277. The number of rotatable bonds is 3. The predicted octanol–water partition coefficient (Wildman–Crippen LogP) is 1.41. The number of carbonyl (C=O) groups excluding carboxylic acids is 1. The Kier molecular flexibility index (Phi) is 3.93. The van der Waals surface area contributed by atoms with E-state index >= 15 is 0 Å². The summed E-state index contributed by atoms with van der Waals surface area (Å²) < 4.78 is 17.8. The number of amides is 2. The molecule has 2 rings (SSSR count). The molecule has 1 aromatic carbocycles. The first kappa shape index (κ1) is 11.9. The molecule has 0 saturated carbocycles. The molecule has 1 heterocycles. The van der Waals surface area contributed by atoms with Crippen LogP contribution in [0.1, 0.15) is 12.0 Å². The Balaban J connectivity index is 1.73. The average Bonchev–Trinajstić information content (AvgIpc) is 2.81. The fourth-order valence-electron chi connectivity index (χ4n) is 1.67. The zero-order chi connectivity index (χ0) is 12.1. The summed E-state index contributed by atoms with van der Waals surface area (Å²) in [7, 11) is 0. The van der Waals surface area contributed by atoms with Crippen LogP contribution in [0.3, 0.4) is 0 Å². The maximum absolute atomic E-state index is 12.6. The van der Waals surface area contributed by atoms with Crippen LogP contribution in [0.5, 0.6) is 0 Å². The second-order valence-electron chi connectivity index (χ2n) is 4.01. The Morgan fingerprint density at radius 1 is 1.41 bits per heavy atom. The van der Waals surface area contributed by atoms with Crippen LogP contribution in [0.25, 0.3) is 0 Å². The van der Waals surface area contributed by atoms with Gasteiger partial charge in [-0.1, -0.05) is 12.1 Å². The first-order chi connectivity index (χ1) is 8.24. The van der Waals surface area contributed by atoms with E-state index in [2.05, 4.69) is 10.6 Å². The van der Waals surface area contributed by atoms with Crippen molar-refractivity contribution in [1.82, 2.24) is 10.6 Å². The molecule has 1 aliphatic rings. The summed E-state index contributed by atoms with van der Waals surface area (Å²) in [5.74, 6) is -0.277. The van der Waals surface area contributed by atoms with Gasteiger partial charge in [-0.3, -0.25) is 0 Å². The number of carbonyl (C=O) groups is 1. The van der Waals surface area contributed by atoms with Gasteiger partial charge in [-0.15, -0.1) is 0 Å². The van der Waals surface area contributed by atoms with Gasteiger partial charge in [0.1, 0.15) is 5.82 Å². The lowest BCUT2D eigenvalue weighted by Crippen LogP contribution is -2.42. The van der Waals surface area contributed by atoms with Crippen molar-refractivity contribution in [2.75, 3.05) is 13.2 Å². The molecular weight excluding hydrogens is 223 g/mol. The molecule has 0 spiro atoms. The minimum Gasteiger partial charge on any atom is -0.379 e. The van der Waals surface area contributed by atoms with Gasteiger partial charge in [-0.2, -0.15) is 0 Å². The number of urea groups is 1. The van der Waals surface area contributed by atoms with Crippen molar-refractivity contribution in [3.8, 4) is 0 Å². The number of halogens is 1. The Morgan fingerprint density at radius 2 is 2.18 bits per heavy atom. The summed E-state index contributed by atoms with van der Waals surface area (Å²) in [6.45, 7) is 1.66. The quantitative estimate of drug-likeness (QED) is 0.836. The van der Waals surface area contributed by atoms with Crippen LogP contribution in [-0.4, -0.2) is 25.3 Å². The molecule has 1 saturated heterocycles. The van der Waals surface area contributed by atoms with Crippen LogP contribution < -0.4 is 10.6 Å². The van der Waals surface area contributed by atoms with Crippen LogP contribution in [0.2, 0.25) is 0 Å². The highest BCUT2D eigenvalue weighted by Crippen LogP contribution is 2.04. The number of ether oxygens (including phenoxy) is 1. The van der Waals surface area contributed by atoms with Crippen molar-refractivity contribution in [1.29, 1.82) is 0 Å². The Morgan fingerprint density at radius 3 is 2.82 bits per heavy atom. The maximum Gasteiger partial charge on any atom is 0.315 e. The summed E-state index contributed by atoms with van der Waals surface area (Å²) in [5.41, 5.74) is 0.865. The molecule has 1 aliphatic heterocycles. The van der Waals surface area contributed by atoms with E-state index in [1.807, 2.05) is 0 Å². The summed E-state index contributed by atoms with van der Waals surface area (Å²) >= 11 is 0. The first-order valence-electron chi connectivity index (χ1n) is 5.60. The third-order valence-corrected chi connectivity index (χ3v) is 2.63. The van der Waals surface area contributed by atoms with Crippen LogP contribution in [0.4, 0.5) is 9.18 Å². The molecule has 1 aromatic rings. The van der Waals surface area contributed by atoms with Gasteiger partial charge in [-0.25, -0.2) is 9.18 Å². The van der Waals surface area contributed by atoms with Crippen LogP contribution in [-0.2, 0) is 11.3 Å². The molecule has 2 N–H and O–H groups in total. The summed E-state index contributed by atoms with van der Waals surface area (Å²) in [6, 6.07) is 5.93. The molecule has 1 fully saturated rings. The summed E-state index contributed by atoms with van der Waals surface area (Å²) in [4.78, 5) is 11.5. The normalized spacial score (nSPS) is 19.0. The van der Waals surface area contributed by atoms with Gasteiger partial charge in [-0.05, 0) is 24.1 Å². The molecule has 1 unspecified atom stereocenters. The standard InChI is InChI=1S/C12H15FN2O2/c13-10-3-1-9(2-4-10)7-14-12(16)15-11-5-6-17-8-11/h1-4,11H,5-8H2,(H2,14,15,16). The second kappa shape index (κ2) is 5.63.